The molecule has 0 aliphatic carbocycles. The maximum atomic E-state index is 14.5. The van der Waals surface area contributed by atoms with E-state index in [2.05, 4.69) is 85.0 Å². The first kappa shape index (κ1) is 39.7. The van der Waals surface area contributed by atoms with Crippen molar-refractivity contribution in [2.75, 3.05) is 0 Å². The molecule has 0 saturated carbocycles. The summed E-state index contributed by atoms with van der Waals surface area (Å²) in [6.07, 6.45) is 12.3. The first-order valence-electron chi connectivity index (χ1n) is 18.1. The van der Waals surface area contributed by atoms with E-state index in [9.17, 15) is 9.59 Å². The lowest BCUT2D eigenvalue weighted by molar-refractivity contribution is 0.0974. The zero-order valence-electron chi connectivity index (χ0n) is 30.5. The van der Waals surface area contributed by atoms with Crippen LogP contribution >= 0.6 is 99.9 Å². The van der Waals surface area contributed by atoms with Gasteiger partial charge < -0.3 is 0 Å². The van der Waals surface area contributed by atoms with E-state index in [-0.39, 0.29) is 11.6 Å². The van der Waals surface area contributed by atoms with Gasteiger partial charge in [0, 0.05) is 63.5 Å². The van der Waals surface area contributed by atoms with Crippen LogP contribution in [0, 0.1) is 0 Å². The number of hydrogen-bond donors (Lipinski definition) is 0. The van der Waals surface area contributed by atoms with Crippen LogP contribution in [-0.4, -0.2) is 27.7 Å². The van der Waals surface area contributed by atoms with Crippen LogP contribution in [0.15, 0.2) is 8.95 Å². The second-order valence-corrected chi connectivity index (χ2v) is 35.1. The fourth-order valence-electron chi connectivity index (χ4n) is 6.78. The number of Topliss-reactive ketones (excluding diaryl/α,β-unsaturated/α-hetero) is 2. The Balaban J connectivity index is 1.64. The molecule has 12 heteroatoms. The summed E-state index contributed by atoms with van der Waals surface area (Å²) in [5, 5.41) is 4.92. The van der Waals surface area contributed by atoms with E-state index in [0.717, 1.165) is 46.6 Å². The van der Waals surface area contributed by atoms with Crippen molar-refractivity contribution in [3.8, 4) is 11.1 Å². The molecular weight excluding hydrogens is 897 g/mol. The van der Waals surface area contributed by atoms with E-state index >= 15 is 0 Å². The largest absolute Gasteiger partial charge is 0.293 e. The van der Waals surface area contributed by atoms with Gasteiger partial charge in [0.25, 0.3) is 0 Å². The molecule has 2 nitrogen and oxygen atoms in total. The highest BCUT2D eigenvalue weighted by Gasteiger charge is 2.35. The minimum atomic E-state index is -1.62. The summed E-state index contributed by atoms with van der Waals surface area (Å²) >= 11 is 19.2. The second kappa shape index (κ2) is 16.0. The predicted octanol–water partition coefficient (Wildman–Crippen LogP) is 16.0. The van der Waals surface area contributed by atoms with Gasteiger partial charge in [0.1, 0.15) is 0 Å². The van der Waals surface area contributed by atoms with Gasteiger partial charge in [-0.25, -0.2) is 0 Å². The maximum Gasteiger partial charge on any atom is 0.173 e. The van der Waals surface area contributed by atoms with Crippen LogP contribution in [0.3, 0.4) is 0 Å². The highest BCUT2D eigenvalue weighted by molar-refractivity contribution is 9.11. The smallest absolute Gasteiger partial charge is 0.173 e. The molecule has 6 heterocycles. The number of thiophene rings is 6. The van der Waals surface area contributed by atoms with Gasteiger partial charge in [0.15, 0.2) is 11.6 Å². The Hall–Kier alpha value is -0.0262. The summed E-state index contributed by atoms with van der Waals surface area (Å²) in [4.78, 5) is 30.7. The van der Waals surface area contributed by atoms with E-state index in [0.29, 0.717) is 12.8 Å². The molecule has 0 unspecified atom stereocenters. The predicted molar refractivity (Wildman–Crippen MR) is 246 cm³/mol. The van der Waals surface area contributed by atoms with Gasteiger partial charge in [0.2, 0.25) is 0 Å². The summed E-state index contributed by atoms with van der Waals surface area (Å²) in [6.45, 7) is 19.0. The van der Waals surface area contributed by atoms with Crippen LogP contribution in [0.5, 0.6) is 0 Å². The summed E-state index contributed by atoms with van der Waals surface area (Å²) in [7, 11) is -3.24. The lowest BCUT2D eigenvalue weighted by Crippen LogP contribution is -2.35. The number of halogens is 2. The zero-order valence-corrected chi connectivity index (χ0v) is 40.6. The fraction of sp³-hybridized carbons (Fsp3) is 0.526. The van der Waals surface area contributed by atoms with Gasteiger partial charge in [-0.05, 0) is 44.7 Å². The number of carbonyl (C=O) groups excluding carboxylic acids is 2. The van der Waals surface area contributed by atoms with Crippen molar-refractivity contribution >= 4 is 174 Å². The van der Waals surface area contributed by atoms with Crippen molar-refractivity contribution in [3.63, 3.8) is 0 Å². The standard InChI is InChI=1S/C38H48Br2O2S6Si2/c1-9-11-13-15-17-19-21(41)31-23(25-27-29(39)37(49(3,4)5)47-35(27)45-33(25)43-31)24-26-28-30(40)38(50(6,7)8)48-36(28)46-34(26)44-32(24)22(42)20-18-16-14-12-10-2/h9-20H2,1-8H3. The Kier molecular flexibility index (Phi) is 12.7. The molecular formula is C38H48Br2O2S6Si2. The molecule has 0 atom stereocenters. The van der Waals surface area contributed by atoms with Crippen molar-refractivity contribution in [2.24, 2.45) is 0 Å². The molecule has 0 spiro atoms. The van der Waals surface area contributed by atoms with E-state index in [4.69, 9.17) is 0 Å². The molecule has 0 saturated heterocycles. The number of hydrogen-bond acceptors (Lipinski definition) is 8. The third kappa shape index (κ3) is 7.61. The van der Waals surface area contributed by atoms with Crippen LogP contribution < -0.4 is 9.00 Å². The van der Waals surface area contributed by atoms with Crippen molar-refractivity contribution in [2.45, 2.75) is 130 Å². The van der Waals surface area contributed by atoms with Crippen LogP contribution in [-0.2, 0) is 0 Å². The van der Waals surface area contributed by atoms with E-state index in [1.54, 1.807) is 22.7 Å². The van der Waals surface area contributed by atoms with Crippen LogP contribution in [0.1, 0.15) is 110 Å². The monoisotopic (exact) mass is 942 g/mol. The Morgan fingerprint density at radius 3 is 1.16 bits per heavy atom. The Labute approximate surface area is 340 Å². The van der Waals surface area contributed by atoms with E-state index < -0.39 is 16.1 Å². The van der Waals surface area contributed by atoms with Crippen LogP contribution in [0.25, 0.3) is 48.7 Å². The lowest BCUT2D eigenvalue weighted by atomic mass is 9.94. The highest BCUT2D eigenvalue weighted by atomic mass is 79.9. The van der Waals surface area contributed by atoms with Crippen molar-refractivity contribution in [1.29, 1.82) is 0 Å². The normalized spacial score (nSPS) is 12.9. The van der Waals surface area contributed by atoms with Gasteiger partial charge in [0.05, 0.1) is 42.0 Å². The maximum absolute atomic E-state index is 14.5. The highest BCUT2D eigenvalue weighted by Crippen LogP contribution is 2.57. The Morgan fingerprint density at radius 2 is 0.820 bits per heavy atom. The van der Waals surface area contributed by atoms with Crippen molar-refractivity contribution in [1.82, 2.24) is 0 Å². The van der Waals surface area contributed by atoms with E-state index in [1.165, 1.54) is 94.1 Å². The fourth-order valence-corrected chi connectivity index (χ4v) is 25.2. The molecule has 0 radical (unpaired) electrons. The average Bonchev–Trinajstić information content (AvgIpc) is 3.85. The lowest BCUT2D eigenvalue weighted by Gasteiger charge is -2.14. The minimum absolute atomic E-state index is 0.241. The molecule has 0 bridgehead atoms. The first-order chi connectivity index (χ1) is 23.7. The number of ketones is 2. The summed E-state index contributed by atoms with van der Waals surface area (Å²) in [6, 6.07) is 0. The number of rotatable bonds is 17. The summed E-state index contributed by atoms with van der Waals surface area (Å²) in [5.74, 6) is 0.483. The molecule has 0 fully saturated rings. The molecule has 0 aliphatic heterocycles. The van der Waals surface area contributed by atoms with Gasteiger partial charge >= 0.3 is 0 Å². The van der Waals surface area contributed by atoms with Crippen molar-refractivity contribution < 1.29 is 9.59 Å². The molecule has 0 aliphatic rings. The second-order valence-electron chi connectivity index (χ2n) is 15.6. The van der Waals surface area contributed by atoms with Crippen LogP contribution in [0.4, 0.5) is 0 Å². The molecule has 0 amide bonds. The number of fused-ring (bicyclic) bond motifs is 6. The van der Waals surface area contributed by atoms with Gasteiger partial charge in [-0.2, -0.15) is 0 Å². The average molecular weight is 945 g/mol. The molecule has 6 aromatic rings. The minimum Gasteiger partial charge on any atom is -0.293 e. The summed E-state index contributed by atoms with van der Waals surface area (Å²) < 4.78 is 10.5. The summed E-state index contributed by atoms with van der Waals surface area (Å²) in [5.41, 5.74) is 2.09. The third-order valence-electron chi connectivity index (χ3n) is 9.39. The third-order valence-corrected chi connectivity index (χ3v) is 27.0. The Morgan fingerprint density at radius 1 is 0.480 bits per heavy atom. The Bertz CT molecular complexity index is 2040. The van der Waals surface area contributed by atoms with Gasteiger partial charge in [-0.3, -0.25) is 9.59 Å². The van der Waals surface area contributed by atoms with Gasteiger partial charge in [-0.1, -0.05) is 104 Å². The topological polar surface area (TPSA) is 34.1 Å². The molecule has 50 heavy (non-hydrogen) atoms. The van der Waals surface area contributed by atoms with Crippen molar-refractivity contribution in [3.05, 3.63) is 18.7 Å². The first-order valence-corrected chi connectivity index (χ1v) is 31.6. The molecule has 0 N–H and O–H groups in total. The number of carbonyl (C=O) groups is 2. The van der Waals surface area contributed by atoms with E-state index in [1.807, 2.05) is 45.3 Å². The SMILES string of the molecule is CCCCCCCC(=O)c1sc2sc3sc([Si](C)(C)C)c(Br)c3c2c1-c1c(C(=O)CCCCCCC)sc2sc3sc([Si](C)(C)C)c(Br)c3c12. The molecule has 6 aromatic heterocycles. The quantitative estimate of drug-likeness (QED) is 0.0519. The van der Waals surface area contributed by atoms with Crippen LogP contribution in [0.2, 0.25) is 39.3 Å². The van der Waals surface area contributed by atoms with Gasteiger partial charge in [-0.15, -0.1) is 68.0 Å². The zero-order chi connectivity index (χ0) is 36.1. The molecule has 6 rings (SSSR count). The number of unbranched alkanes of at least 4 members (excludes halogenated alkanes) is 8. The molecule has 270 valence electrons. The molecule has 0 aromatic carbocycles.